The Morgan fingerprint density at radius 2 is 2.14 bits per heavy atom. The maximum atomic E-state index is 13.8. The molecule has 1 N–H and O–H groups in total. The van der Waals surface area contributed by atoms with Gasteiger partial charge in [-0.3, -0.25) is 9.59 Å². The summed E-state index contributed by atoms with van der Waals surface area (Å²) in [6, 6.07) is 3.65. The average molecular weight is 313 g/mol. The third-order valence-corrected chi connectivity index (χ3v) is 3.69. The number of amides is 2. The highest BCUT2D eigenvalue weighted by Crippen LogP contribution is 2.21. The number of halogens is 2. The van der Waals surface area contributed by atoms with Crippen molar-refractivity contribution in [2.45, 2.75) is 32.9 Å². The Kier molecular flexibility index (Phi) is 4.83. The number of hydrogen-bond donors (Lipinski definition) is 1. The second-order valence-corrected chi connectivity index (χ2v) is 6.06. The second kappa shape index (κ2) is 6.43. The molecule has 4 nitrogen and oxygen atoms in total. The summed E-state index contributed by atoms with van der Waals surface area (Å²) in [6.07, 6.45) is 0.541. The number of nitrogens with zero attached hydrogens (tertiary/aromatic N) is 1. The van der Waals surface area contributed by atoms with E-state index in [1.54, 1.807) is 0 Å². The topological polar surface area (TPSA) is 49.4 Å². The van der Waals surface area contributed by atoms with Gasteiger partial charge in [0.25, 0.3) is 0 Å². The molecular formula is C15H18ClFN2O2. The molecule has 1 aromatic rings. The number of nitrogens with one attached hydrogen (secondary N) is 1. The molecule has 1 aliphatic rings. The zero-order valence-corrected chi connectivity index (χ0v) is 12.8. The number of rotatable bonds is 4. The standard InChI is InChI=1S/C15H18ClFN2O2/c1-9(2)5-13-15(21)18-7-14(20)19(13)8-10-6-11(16)3-4-12(10)17/h3-4,6,9,13H,5,7-8H2,1-2H3,(H,18,21). The van der Waals surface area contributed by atoms with Crippen LogP contribution in [0.1, 0.15) is 25.8 Å². The summed E-state index contributed by atoms with van der Waals surface area (Å²) in [4.78, 5) is 25.5. The van der Waals surface area contributed by atoms with E-state index in [1.807, 2.05) is 13.8 Å². The fourth-order valence-electron chi connectivity index (χ4n) is 2.42. The van der Waals surface area contributed by atoms with Crippen molar-refractivity contribution in [2.24, 2.45) is 5.92 Å². The smallest absolute Gasteiger partial charge is 0.243 e. The fourth-order valence-corrected chi connectivity index (χ4v) is 2.62. The summed E-state index contributed by atoms with van der Waals surface area (Å²) < 4.78 is 13.8. The molecule has 21 heavy (non-hydrogen) atoms. The lowest BCUT2D eigenvalue weighted by atomic mass is 9.99. The monoisotopic (exact) mass is 312 g/mol. The highest BCUT2D eigenvalue weighted by atomic mass is 35.5. The van der Waals surface area contributed by atoms with Gasteiger partial charge in [-0.15, -0.1) is 0 Å². The summed E-state index contributed by atoms with van der Waals surface area (Å²) in [5, 5.41) is 2.98. The highest BCUT2D eigenvalue weighted by Gasteiger charge is 2.35. The number of carbonyl (C=O) groups is 2. The van der Waals surface area contributed by atoms with E-state index in [2.05, 4.69) is 5.32 Å². The first-order chi connectivity index (χ1) is 9.88. The Bertz CT molecular complexity index is 563. The minimum absolute atomic E-state index is 0.0460. The molecule has 0 radical (unpaired) electrons. The van der Waals surface area contributed by atoms with Crippen LogP contribution >= 0.6 is 11.6 Å². The molecule has 2 amide bonds. The first kappa shape index (κ1) is 15.8. The Morgan fingerprint density at radius 3 is 2.81 bits per heavy atom. The minimum Gasteiger partial charge on any atom is -0.345 e. The molecule has 1 saturated heterocycles. The van der Waals surface area contributed by atoms with Gasteiger partial charge < -0.3 is 10.2 Å². The van der Waals surface area contributed by atoms with Gasteiger partial charge in [0.2, 0.25) is 11.8 Å². The van der Waals surface area contributed by atoms with E-state index in [9.17, 15) is 14.0 Å². The summed E-state index contributed by atoms with van der Waals surface area (Å²) in [5.74, 6) is -0.579. The Hall–Kier alpha value is -1.62. The van der Waals surface area contributed by atoms with E-state index >= 15 is 0 Å². The second-order valence-electron chi connectivity index (χ2n) is 5.62. The molecule has 0 saturated carbocycles. The maximum absolute atomic E-state index is 13.8. The summed E-state index contributed by atoms with van der Waals surface area (Å²) >= 11 is 5.87. The van der Waals surface area contributed by atoms with Crippen LogP contribution in [0.3, 0.4) is 0 Å². The van der Waals surface area contributed by atoms with Gasteiger partial charge in [-0.25, -0.2) is 4.39 Å². The van der Waals surface area contributed by atoms with Gasteiger partial charge in [-0.05, 0) is 30.5 Å². The predicted molar refractivity (Wildman–Crippen MR) is 78.2 cm³/mol. The van der Waals surface area contributed by atoms with E-state index in [4.69, 9.17) is 11.6 Å². The van der Waals surface area contributed by atoms with Crippen molar-refractivity contribution in [3.63, 3.8) is 0 Å². The van der Waals surface area contributed by atoms with Crippen LogP contribution in [-0.2, 0) is 16.1 Å². The van der Waals surface area contributed by atoms with E-state index in [1.165, 1.54) is 23.1 Å². The summed E-state index contributed by atoms with van der Waals surface area (Å²) in [6.45, 7) is 3.96. The predicted octanol–water partition coefficient (Wildman–Crippen LogP) is 2.35. The van der Waals surface area contributed by atoms with Gasteiger partial charge in [0.15, 0.2) is 0 Å². The van der Waals surface area contributed by atoms with E-state index < -0.39 is 11.9 Å². The molecule has 1 unspecified atom stereocenters. The number of carbonyl (C=O) groups excluding carboxylic acids is 2. The number of hydrogen-bond acceptors (Lipinski definition) is 2. The number of benzene rings is 1. The zero-order valence-electron chi connectivity index (χ0n) is 12.0. The van der Waals surface area contributed by atoms with Crippen molar-refractivity contribution in [2.75, 3.05) is 6.54 Å². The fraction of sp³-hybridized carbons (Fsp3) is 0.467. The van der Waals surface area contributed by atoms with Crippen molar-refractivity contribution in [1.82, 2.24) is 10.2 Å². The van der Waals surface area contributed by atoms with Crippen LogP contribution in [0.5, 0.6) is 0 Å². The molecule has 1 aliphatic heterocycles. The largest absolute Gasteiger partial charge is 0.345 e. The molecule has 0 bridgehead atoms. The Balaban J connectivity index is 2.26. The Labute approximate surface area is 128 Å². The van der Waals surface area contributed by atoms with Crippen molar-refractivity contribution >= 4 is 23.4 Å². The van der Waals surface area contributed by atoms with Crippen LogP contribution in [0.15, 0.2) is 18.2 Å². The van der Waals surface area contributed by atoms with Crippen molar-refractivity contribution in [3.05, 3.63) is 34.6 Å². The molecule has 2 rings (SSSR count). The van der Waals surface area contributed by atoms with E-state index in [0.29, 0.717) is 17.0 Å². The van der Waals surface area contributed by atoms with Crippen LogP contribution in [0.2, 0.25) is 5.02 Å². The molecule has 114 valence electrons. The maximum Gasteiger partial charge on any atom is 0.243 e. The average Bonchev–Trinajstić information content (AvgIpc) is 2.41. The van der Waals surface area contributed by atoms with Crippen LogP contribution in [0.4, 0.5) is 4.39 Å². The van der Waals surface area contributed by atoms with Gasteiger partial charge in [0.05, 0.1) is 6.54 Å². The van der Waals surface area contributed by atoms with Crippen LogP contribution in [0, 0.1) is 11.7 Å². The summed E-state index contributed by atoms with van der Waals surface area (Å²) in [5.41, 5.74) is 0.319. The van der Waals surface area contributed by atoms with E-state index in [-0.39, 0.29) is 30.8 Å². The van der Waals surface area contributed by atoms with Crippen LogP contribution in [-0.4, -0.2) is 29.3 Å². The lowest BCUT2D eigenvalue weighted by molar-refractivity contribution is -0.146. The minimum atomic E-state index is -0.565. The van der Waals surface area contributed by atoms with Crippen LogP contribution < -0.4 is 5.32 Å². The normalized spacial score (nSPS) is 19.1. The third-order valence-electron chi connectivity index (χ3n) is 3.46. The van der Waals surface area contributed by atoms with Gasteiger partial charge in [0, 0.05) is 17.1 Å². The zero-order chi connectivity index (χ0) is 15.6. The summed E-state index contributed by atoms with van der Waals surface area (Å²) in [7, 11) is 0. The van der Waals surface area contributed by atoms with Crippen LogP contribution in [0.25, 0.3) is 0 Å². The molecular weight excluding hydrogens is 295 g/mol. The lowest BCUT2D eigenvalue weighted by Gasteiger charge is -2.36. The molecule has 0 aromatic heterocycles. The van der Waals surface area contributed by atoms with Gasteiger partial charge in [-0.2, -0.15) is 0 Å². The molecule has 6 heteroatoms. The van der Waals surface area contributed by atoms with Crippen molar-refractivity contribution in [3.8, 4) is 0 Å². The van der Waals surface area contributed by atoms with Crippen molar-refractivity contribution in [1.29, 1.82) is 0 Å². The molecule has 1 atom stereocenters. The highest BCUT2D eigenvalue weighted by molar-refractivity contribution is 6.30. The molecule has 1 heterocycles. The van der Waals surface area contributed by atoms with E-state index in [0.717, 1.165) is 0 Å². The van der Waals surface area contributed by atoms with Gasteiger partial charge in [0.1, 0.15) is 11.9 Å². The third kappa shape index (κ3) is 3.73. The molecule has 0 aliphatic carbocycles. The Morgan fingerprint density at radius 1 is 1.43 bits per heavy atom. The first-order valence-corrected chi connectivity index (χ1v) is 7.27. The SMILES string of the molecule is CC(C)CC1C(=O)NCC(=O)N1Cc1cc(Cl)ccc1F. The molecule has 0 spiro atoms. The van der Waals surface area contributed by atoms with Crippen molar-refractivity contribution < 1.29 is 14.0 Å². The first-order valence-electron chi connectivity index (χ1n) is 6.89. The van der Waals surface area contributed by atoms with Gasteiger partial charge in [-0.1, -0.05) is 25.4 Å². The number of piperazine rings is 1. The molecule has 1 aromatic carbocycles. The molecule has 1 fully saturated rings. The van der Waals surface area contributed by atoms with Gasteiger partial charge >= 0.3 is 0 Å². The quantitative estimate of drug-likeness (QED) is 0.928. The lowest BCUT2D eigenvalue weighted by Crippen LogP contribution is -2.58.